The van der Waals surface area contributed by atoms with Gasteiger partial charge >= 0.3 is 279 Å². The van der Waals surface area contributed by atoms with Gasteiger partial charge in [-0.1, -0.05) is 0 Å². The Morgan fingerprint density at radius 1 is 0.911 bits per heavy atom. The van der Waals surface area contributed by atoms with Crippen molar-refractivity contribution in [2.24, 2.45) is 0 Å². The molecular weight excluding hydrogens is 661 g/mol. The Morgan fingerprint density at radius 3 is 2.11 bits per heavy atom. The normalized spacial score (nSPS) is 14.1. The van der Waals surface area contributed by atoms with Gasteiger partial charge in [-0.3, -0.25) is 0 Å². The summed E-state index contributed by atoms with van der Waals surface area (Å²) in [6.07, 6.45) is 13.4. The summed E-state index contributed by atoms with van der Waals surface area (Å²) >= 11 is -2.88. The van der Waals surface area contributed by atoms with Crippen LogP contribution in [0.2, 0.25) is 13.3 Å². The zero-order chi connectivity index (χ0) is 32.8. The Morgan fingerprint density at radius 2 is 1.56 bits per heavy atom. The van der Waals surface area contributed by atoms with E-state index in [1.165, 1.54) is 74.0 Å². The summed E-state index contributed by atoms with van der Waals surface area (Å²) < 4.78 is 14.3. The van der Waals surface area contributed by atoms with Crippen molar-refractivity contribution in [3.8, 4) is 17.0 Å². The third-order valence-corrected chi connectivity index (χ3v) is 25.9. The molecule has 45 heavy (non-hydrogen) atoms. The van der Waals surface area contributed by atoms with E-state index in [4.69, 9.17) is 4.74 Å². The molecule has 0 fully saturated rings. The van der Waals surface area contributed by atoms with E-state index in [1.54, 1.807) is 3.59 Å². The van der Waals surface area contributed by atoms with Crippen molar-refractivity contribution in [1.82, 2.24) is 4.57 Å². The van der Waals surface area contributed by atoms with Gasteiger partial charge in [-0.05, 0) is 0 Å². The predicted molar refractivity (Wildman–Crippen MR) is 195 cm³/mol. The quantitative estimate of drug-likeness (QED) is 0.126. The van der Waals surface area contributed by atoms with Gasteiger partial charge in [0.2, 0.25) is 0 Å². The molecule has 4 rings (SSSR count). The fourth-order valence-electron chi connectivity index (χ4n) is 7.62. The van der Waals surface area contributed by atoms with Crippen LogP contribution in [-0.2, 0) is 11.3 Å². The molecule has 0 spiro atoms. The average molecular weight is 721 g/mol. The zero-order valence-corrected chi connectivity index (χ0v) is 32.4. The van der Waals surface area contributed by atoms with Gasteiger partial charge in [0.05, 0.1) is 0 Å². The molecule has 5 heteroatoms. The van der Waals surface area contributed by atoms with E-state index in [9.17, 15) is 9.90 Å². The number of hydrogen-bond acceptors (Lipinski definition) is 3. The SMILES string of the molecule is CCC[CH2][Sn]([CH2]CCC)([CH2]CCC)[C]1=Cc2cc(O)ccc2-c2c(C(CC)CCC)c3ccc(C(=O)OC(C)(C)C)cc3n2C1. The summed E-state index contributed by atoms with van der Waals surface area (Å²) in [5.74, 6) is 0.483. The molecular formula is C40H59NO3Sn. The Balaban J connectivity index is 2.07. The van der Waals surface area contributed by atoms with Gasteiger partial charge in [-0.15, -0.1) is 0 Å². The monoisotopic (exact) mass is 721 g/mol. The minimum atomic E-state index is -2.88. The topological polar surface area (TPSA) is 51.5 Å². The number of rotatable bonds is 15. The zero-order valence-electron chi connectivity index (χ0n) is 29.5. The minimum absolute atomic E-state index is 0.265. The number of carbonyl (C=O) groups is 1. The Hall–Kier alpha value is -2.21. The number of aromatic nitrogens is 1. The molecule has 1 aliphatic rings. The fraction of sp³-hybridized carbons (Fsp3) is 0.575. The van der Waals surface area contributed by atoms with Gasteiger partial charge in [-0.25, -0.2) is 0 Å². The van der Waals surface area contributed by atoms with Crippen LogP contribution in [0.15, 0.2) is 40.0 Å². The summed E-state index contributed by atoms with van der Waals surface area (Å²) in [6.45, 7) is 18.3. The van der Waals surface area contributed by atoms with Gasteiger partial charge in [0.1, 0.15) is 0 Å². The maximum atomic E-state index is 13.4. The fourth-order valence-corrected chi connectivity index (χ4v) is 24.1. The molecule has 0 bridgehead atoms. The first-order chi connectivity index (χ1) is 21.5. The molecule has 0 aliphatic carbocycles. The molecule has 2 heterocycles. The molecule has 1 aliphatic heterocycles. The number of unbranched alkanes of at least 4 members (excludes halogenated alkanes) is 3. The van der Waals surface area contributed by atoms with Crippen molar-refractivity contribution in [3.63, 3.8) is 0 Å². The first-order valence-electron chi connectivity index (χ1n) is 18.0. The summed E-state index contributed by atoms with van der Waals surface area (Å²) in [4.78, 5) is 13.4. The summed E-state index contributed by atoms with van der Waals surface area (Å²) in [6, 6.07) is 12.3. The van der Waals surface area contributed by atoms with Crippen LogP contribution in [0.1, 0.15) is 141 Å². The number of hydrogen-bond donors (Lipinski definition) is 1. The predicted octanol–water partition coefficient (Wildman–Crippen LogP) is 12.0. The van der Waals surface area contributed by atoms with E-state index >= 15 is 0 Å². The van der Waals surface area contributed by atoms with Crippen LogP contribution in [0.4, 0.5) is 0 Å². The van der Waals surface area contributed by atoms with Crippen LogP contribution >= 0.6 is 0 Å². The Labute approximate surface area is 277 Å². The van der Waals surface area contributed by atoms with E-state index in [1.807, 2.05) is 39.0 Å². The number of phenols is 1. The standard InChI is InChI=1S/C28H32NO3.3C4H9.Sn/c1-6-9-18(7-2)25-23-13-11-20(27(31)32-28(3,4)5)17-24(23)29-15-8-10-19-16-21(30)12-14-22(19)26(25)29;3*1-3-4-2;/h10-14,16-18,30H,6-7,9,15H2,1-5H3;3*1,3-4H2,2H3;. The second-order valence-electron chi connectivity index (χ2n) is 14.5. The van der Waals surface area contributed by atoms with E-state index in [-0.39, 0.29) is 5.97 Å². The molecule has 1 atom stereocenters. The average Bonchev–Trinajstić information content (AvgIpc) is 3.20. The van der Waals surface area contributed by atoms with Gasteiger partial charge in [-0.2, -0.15) is 0 Å². The molecule has 1 unspecified atom stereocenters. The van der Waals surface area contributed by atoms with E-state index in [0.717, 1.165) is 36.9 Å². The number of nitrogens with zero attached hydrogens (tertiary/aromatic N) is 1. The number of fused-ring (bicyclic) bond motifs is 5. The summed E-state index contributed by atoms with van der Waals surface area (Å²) in [7, 11) is 0. The number of benzene rings is 2. The molecule has 4 nitrogen and oxygen atoms in total. The van der Waals surface area contributed by atoms with Crippen LogP contribution in [-0.4, -0.2) is 39.6 Å². The van der Waals surface area contributed by atoms with Gasteiger partial charge in [0.25, 0.3) is 0 Å². The van der Waals surface area contributed by atoms with E-state index in [2.05, 4.69) is 63.5 Å². The van der Waals surface area contributed by atoms with Crippen LogP contribution in [0, 0.1) is 0 Å². The number of esters is 1. The molecule has 1 N–H and O–H groups in total. The van der Waals surface area contributed by atoms with Crippen LogP contribution in [0.3, 0.4) is 0 Å². The Kier molecular flexibility index (Phi) is 12.3. The first kappa shape index (κ1) is 35.6. The Bertz CT molecular complexity index is 1470. The third kappa shape index (κ3) is 8.03. The van der Waals surface area contributed by atoms with Crippen LogP contribution in [0.25, 0.3) is 28.2 Å². The number of ether oxygens (including phenoxy) is 1. The first-order valence-corrected chi connectivity index (χ1v) is 25.4. The molecule has 1 aromatic heterocycles. The molecule has 0 saturated heterocycles. The summed E-state index contributed by atoms with van der Waals surface area (Å²) in [5.41, 5.74) is 6.28. The van der Waals surface area contributed by atoms with Crippen molar-refractivity contribution < 1.29 is 14.6 Å². The second kappa shape index (κ2) is 15.6. The van der Waals surface area contributed by atoms with Crippen molar-refractivity contribution in [2.75, 3.05) is 0 Å². The molecule has 0 amide bonds. The molecule has 0 saturated carbocycles. The van der Waals surface area contributed by atoms with Crippen molar-refractivity contribution in [3.05, 3.63) is 56.7 Å². The van der Waals surface area contributed by atoms with Crippen LogP contribution in [0.5, 0.6) is 5.75 Å². The second-order valence-corrected chi connectivity index (χ2v) is 27.9. The van der Waals surface area contributed by atoms with E-state index in [0.29, 0.717) is 17.2 Å². The van der Waals surface area contributed by atoms with E-state index < -0.39 is 24.0 Å². The van der Waals surface area contributed by atoms with Gasteiger partial charge in [0, 0.05) is 0 Å². The number of phenolic OH excluding ortho intramolecular Hbond substituents is 1. The number of carbonyl (C=O) groups excluding carboxylic acids is 1. The van der Waals surface area contributed by atoms with Crippen molar-refractivity contribution >= 4 is 41.3 Å². The number of allylic oxidation sites excluding steroid dienone is 1. The maximum absolute atomic E-state index is 13.4. The molecule has 3 aromatic rings. The van der Waals surface area contributed by atoms with Gasteiger partial charge in [0.15, 0.2) is 0 Å². The number of aromatic hydroxyl groups is 1. The molecule has 2 aromatic carbocycles. The van der Waals surface area contributed by atoms with Gasteiger partial charge < -0.3 is 0 Å². The van der Waals surface area contributed by atoms with Crippen LogP contribution < -0.4 is 0 Å². The molecule has 246 valence electrons. The third-order valence-electron chi connectivity index (χ3n) is 9.93. The molecule has 0 radical (unpaired) electrons. The van der Waals surface area contributed by atoms with Crippen molar-refractivity contribution in [2.45, 2.75) is 145 Å². The summed E-state index contributed by atoms with van der Waals surface area (Å²) in [5, 5.41) is 12.1. The van der Waals surface area contributed by atoms with Crippen molar-refractivity contribution in [1.29, 1.82) is 0 Å².